The highest BCUT2D eigenvalue weighted by Crippen LogP contribution is 2.27. The molecule has 0 radical (unpaired) electrons. The van der Waals surface area contributed by atoms with E-state index in [2.05, 4.69) is 26.8 Å². The molecule has 0 amide bonds. The van der Waals surface area contributed by atoms with Gasteiger partial charge in [0.1, 0.15) is 5.82 Å². The van der Waals surface area contributed by atoms with E-state index in [1.807, 2.05) is 60.4 Å². The van der Waals surface area contributed by atoms with E-state index < -0.39 is 0 Å². The minimum Gasteiger partial charge on any atom is -0.366 e. The highest BCUT2D eigenvalue weighted by molar-refractivity contribution is 5.77. The predicted molar refractivity (Wildman–Crippen MR) is 114 cm³/mol. The van der Waals surface area contributed by atoms with Gasteiger partial charge in [0, 0.05) is 42.3 Å². The van der Waals surface area contributed by atoms with Gasteiger partial charge in [0.2, 0.25) is 0 Å². The van der Waals surface area contributed by atoms with Gasteiger partial charge in [-0.05, 0) is 50.6 Å². The van der Waals surface area contributed by atoms with Crippen LogP contribution < -0.4 is 10.6 Å². The maximum absolute atomic E-state index is 4.86. The molecule has 4 aromatic rings. The van der Waals surface area contributed by atoms with Crippen molar-refractivity contribution in [1.29, 1.82) is 0 Å². The molecule has 4 aromatic heterocycles. The van der Waals surface area contributed by atoms with Crippen LogP contribution in [0.25, 0.3) is 28.2 Å². The summed E-state index contributed by atoms with van der Waals surface area (Å²) in [6.45, 7) is 4.00. The van der Waals surface area contributed by atoms with Gasteiger partial charge in [0.15, 0.2) is 5.82 Å². The fourth-order valence-corrected chi connectivity index (χ4v) is 3.70. The number of anilines is 1. The van der Waals surface area contributed by atoms with Gasteiger partial charge < -0.3 is 10.6 Å². The minimum atomic E-state index is 0.361. The molecule has 0 unspecified atom stereocenters. The van der Waals surface area contributed by atoms with Gasteiger partial charge in [-0.1, -0.05) is 6.07 Å². The second-order valence-corrected chi connectivity index (χ2v) is 7.43. The largest absolute Gasteiger partial charge is 0.366 e. The Morgan fingerprint density at radius 2 is 2.10 bits per heavy atom. The van der Waals surface area contributed by atoms with E-state index in [4.69, 9.17) is 9.97 Å². The number of pyridine rings is 2. The van der Waals surface area contributed by atoms with Crippen molar-refractivity contribution in [2.45, 2.75) is 25.8 Å². The van der Waals surface area contributed by atoms with Crippen molar-refractivity contribution in [3.05, 3.63) is 60.7 Å². The molecule has 0 bridgehead atoms. The van der Waals surface area contributed by atoms with Crippen molar-refractivity contribution in [3.63, 3.8) is 0 Å². The molecule has 0 aliphatic carbocycles. The number of nitrogens with one attached hydrogen (secondary N) is 2. The van der Waals surface area contributed by atoms with E-state index in [1.165, 1.54) is 6.42 Å². The van der Waals surface area contributed by atoms with E-state index >= 15 is 0 Å². The Hall–Kier alpha value is -3.32. The molecule has 0 aromatic carbocycles. The molecule has 29 heavy (non-hydrogen) atoms. The number of hydrogen-bond donors (Lipinski definition) is 2. The SMILES string of the molecule is Cc1ccc(-c2cc(N[C@@H]3CCCNC3)nc(-c3cnn4ccccc34)n2)cn1. The molecule has 1 saturated heterocycles. The molecule has 1 fully saturated rings. The fourth-order valence-electron chi connectivity index (χ4n) is 3.70. The maximum atomic E-state index is 4.86. The number of piperidine rings is 1. The van der Waals surface area contributed by atoms with Gasteiger partial charge in [-0.15, -0.1) is 0 Å². The minimum absolute atomic E-state index is 0.361. The molecule has 7 nitrogen and oxygen atoms in total. The Kier molecular flexibility index (Phi) is 4.65. The molecule has 5 heterocycles. The van der Waals surface area contributed by atoms with E-state index in [9.17, 15) is 0 Å². The Labute approximate surface area is 169 Å². The lowest BCUT2D eigenvalue weighted by Crippen LogP contribution is -2.38. The highest BCUT2D eigenvalue weighted by Gasteiger charge is 2.17. The molecular weight excluding hydrogens is 362 g/mol. The highest BCUT2D eigenvalue weighted by atomic mass is 15.2. The summed E-state index contributed by atoms with van der Waals surface area (Å²) in [4.78, 5) is 14.1. The molecule has 5 rings (SSSR count). The zero-order valence-electron chi connectivity index (χ0n) is 16.3. The van der Waals surface area contributed by atoms with Gasteiger partial charge >= 0.3 is 0 Å². The van der Waals surface area contributed by atoms with Crippen LogP contribution in [0.2, 0.25) is 0 Å². The monoisotopic (exact) mass is 385 g/mol. The third-order valence-corrected chi connectivity index (χ3v) is 5.25. The van der Waals surface area contributed by atoms with Crippen molar-refractivity contribution < 1.29 is 0 Å². The summed E-state index contributed by atoms with van der Waals surface area (Å²) in [5.74, 6) is 1.49. The number of rotatable bonds is 4. The molecule has 1 aliphatic heterocycles. The number of aromatic nitrogens is 5. The molecule has 2 N–H and O–H groups in total. The molecule has 0 saturated carbocycles. The summed E-state index contributed by atoms with van der Waals surface area (Å²) in [6, 6.07) is 12.4. The van der Waals surface area contributed by atoms with Crippen molar-refractivity contribution in [1.82, 2.24) is 29.9 Å². The van der Waals surface area contributed by atoms with Crippen LogP contribution in [0, 0.1) is 6.92 Å². The van der Waals surface area contributed by atoms with Crippen molar-refractivity contribution >= 4 is 11.3 Å². The van der Waals surface area contributed by atoms with Gasteiger partial charge in [-0.3, -0.25) is 4.98 Å². The molecule has 0 spiro atoms. The summed E-state index contributed by atoms with van der Waals surface area (Å²) in [5.41, 5.74) is 4.70. The lowest BCUT2D eigenvalue weighted by Gasteiger charge is -2.24. The third kappa shape index (κ3) is 3.69. The van der Waals surface area contributed by atoms with Crippen LogP contribution >= 0.6 is 0 Å². The van der Waals surface area contributed by atoms with Crippen LogP contribution in [0.5, 0.6) is 0 Å². The molecular formula is C22H23N7. The number of nitrogens with zero attached hydrogens (tertiary/aromatic N) is 5. The normalized spacial score (nSPS) is 16.8. The first kappa shape index (κ1) is 17.8. The van der Waals surface area contributed by atoms with Crippen molar-refractivity contribution in [3.8, 4) is 22.6 Å². The van der Waals surface area contributed by atoms with Gasteiger partial charge in [-0.2, -0.15) is 5.10 Å². The number of aryl methyl sites for hydroxylation is 1. The first-order chi connectivity index (χ1) is 14.3. The van der Waals surface area contributed by atoms with Crippen LogP contribution in [-0.4, -0.2) is 43.7 Å². The number of fused-ring (bicyclic) bond motifs is 1. The Morgan fingerprint density at radius 1 is 1.14 bits per heavy atom. The summed E-state index contributed by atoms with van der Waals surface area (Å²) >= 11 is 0. The third-order valence-electron chi connectivity index (χ3n) is 5.25. The lowest BCUT2D eigenvalue weighted by atomic mass is 10.1. The summed E-state index contributed by atoms with van der Waals surface area (Å²) in [7, 11) is 0. The first-order valence-corrected chi connectivity index (χ1v) is 9.98. The Balaban J connectivity index is 1.60. The van der Waals surface area contributed by atoms with E-state index in [1.54, 1.807) is 0 Å². The fraction of sp³-hybridized carbons (Fsp3) is 0.273. The summed E-state index contributed by atoms with van der Waals surface area (Å²) < 4.78 is 1.84. The Morgan fingerprint density at radius 3 is 2.93 bits per heavy atom. The van der Waals surface area contributed by atoms with Crippen LogP contribution in [0.15, 0.2) is 55.0 Å². The van der Waals surface area contributed by atoms with Gasteiger partial charge in [0.25, 0.3) is 0 Å². The van der Waals surface area contributed by atoms with Crippen LogP contribution in [0.4, 0.5) is 5.82 Å². The van der Waals surface area contributed by atoms with E-state index in [-0.39, 0.29) is 0 Å². The Bertz CT molecular complexity index is 1130. The van der Waals surface area contributed by atoms with E-state index in [0.29, 0.717) is 11.9 Å². The topological polar surface area (TPSA) is 80.0 Å². The van der Waals surface area contributed by atoms with Crippen molar-refractivity contribution in [2.75, 3.05) is 18.4 Å². The average molecular weight is 385 g/mol. The van der Waals surface area contributed by atoms with Crippen LogP contribution in [0.1, 0.15) is 18.5 Å². The zero-order chi connectivity index (χ0) is 19.6. The molecule has 146 valence electrons. The summed E-state index contributed by atoms with van der Waals surface area (Å²) in [5, 5.41) is 11.5. The van der Waals surface area contributed by atoms with Gasteiger partial charge in [0.05, 0.1) is 23.0 Å². The predicted octanol–water partition coefficient (Wildman–Crippen LogP) is 3.33. The van der Waals surface area contributed by atoms with E-state index in [0.717, 1.165) is 53.4 Å². The zero-order valence-corrected chi connectivity index (χ0v) is 16.3. The molecule has 1 aliphatic rings. The maximum Gasteiger partial charge on any atom is 0.165 e. The van der Waals surface area contributed by atoms with Crippen LogP contribution in [-0.2, 0) is 0 Å². The first-order valence-electron chi connectivity index (χ1n) is 9.98. The van der Waals surface area contributed by atoms with Crippen LogP contribution in [0.3, 0.4) is 0 Å². The smallest absolute Gasteiger partial charge is 0.165 e. The second-order valence-electron chi connectivity index (χ2n) is 7.43. The molecule has 7 heteroatoms. The average Bonchev–Trinajstić information content (AvgIpc) is 3.19. The van der Waals surface area contributed by atoms with Gasteiger partial charge in [-0.25, -0.2) is 14.5 Å². The summed E-state index contributed by atoms with van der Waals surface area (Å²) in [6.07, 6.45) is 7.92. The molecule has 1 atom stereocenters. The lowest BCUT2D eigenvalue weighted by molar-refractivity contribution is 0.479. The number of hydrogen-bond acceptors (Lipinski definition) is 6. The quantitative estimate of drug-likeness (QED) is 0.561. The standard InChI is InChI=1S/C22H23N7/c1-15-7-8-16(12-24-15)19-11-21(26-17-5-4-9-23-13-17)28-22(27-19)18-14-25-29-10-3-2-6-20(18)29/h2-3,6-8,10-12,14,17,23H,4-5,9,13H2,1H3,(H,26,27,28)/t17-/m1/s1. The van der Waals surface area contributed by atoms with Crippen molar-refractivity contribution in [2.24, 2.45) is 0 Å². The second kappa shape index (κ2) is 7.60.